The fourth-order valence-corrected chi connectivity index (χ4v) is 6.69. The first-order chi connectivity index (χ1) is 16.6. The van der Waals surface area contributed by atoms with E-state index in [1.807, 2.05) is 6.07 Å². The highest BCUT2D eigenvalue weighted by Crippen LogP contribution is 2.60. The molecule has 0 aromatic heterocycles. The van der Waals surface area contributed by atoms with Crippen LogP contribution in [0.1, 0.15) is 69.4 Å². The number of carbonyl (C=O) groups is 3. The predicted octanol–water partition coefficient (Wildman–Crippen LogP) is 4.87. The number of aryl methyl sites for hydroxylation is 1. The van der Waals surface area contributed by atoms with E-state index in [9.17, 15) is 18.8 Å². The van der Waals surface area contributed by atoms with Crippen molar-refractivity contribution in [3.8, 4) is 5.75 Å². The molecule has 2 fully saturated rings. The number of esters is 1. The van der Waals surface area contributed by atoms with Gasteiger partial charge in [0.15, 0.2) is 0 Å². The fourth-order valence-electron chi connectivity index (χ4n) is 6.69. The molecule has 0 spiro atoms. The van der Waals surface area contributed by atoms with Crippen molar-refractivity contribution in [2.75, 3.05) is 13.1 Å². The molecule has 190 valence electrons. The lowest BCUT2D eigenvalue weighted by Crippen LogP contribution is -2.45. The average molecular weight is 489 g/mol. The molecule has 0 radical (unpaired) electrons. The molecule has 0 bridgehead atoms. The van der Waals surface area contributed by atoms with Gasteiger partial charge in [-0.05, 0) is 85.0 Å². The molecule has 1 aromatic carbocycles. The number of nitrogens with zero attached hydrogens (tertiary/aromatic N) is 2. The molecule has 4 aliphatic rings. The number of hydroxylamine groups is 2. The molecule has 9 heteroatoms. The molecule has 8 nitrogen and oxygen atoms in total. The van der Waals surface area contributed by atoms with Crippen LogP contribution in [0.25, 0.3) is 0 Å². The smallest absolute Gasteiger partial charge is 0.348 e. The zero-order valence-corrected chi connectivity index (χ0v) is 20.2. The van der Waals surface area contributed by atoms with Crippen molar-refractivity contribution < 1.29 is 33.8 Å². The number of benzene rings is 1. The van der Waals surface area contributed by atoms with Gasteiger partial charge in [0.2, 0.25) is 0 Å². The van der Waals surface area contributed by atoms with Crippen molar-refractivity contribution in [1.29, 1.82) is 0 Å². The molecular weight excluding hydrogens is 455 g/mol. The van der Waals surface area contributed by atoms with E-state index in [1.165, 1.54) is 51.0 Å². The Balaban J connectivity index is 0.000000191. The van der Waals surface area contributed by atoms with E-state index < -0.39 is 30.9 Å². The molecule has 1 aliphatic heterocycles. The molecule has 1 aromatic rings. The maximum Gasteiger partial charge on any atom is 0.348 e. The van der Waals surface area contributed by atoms with E-state index in [0.29, 0.717) is 22.3 Å². The molecule has 2 N–H and O–H groups in total. The van der Waals surface area contributed by atoms with Gasteiger partial charge in [-0.25, -0.2) is 9.18 Å². The van der Waals surface area contributed by atoms with Crippen molar-refractivity contribution in [2.45, 2.75) is 64.7 Å². The number of amides is 2. The lowest BCUT2D eigenvalue weighted by Gasteiger charge is -2.49. The van der Waals surface area contributed by atoms with E-state index in [-0.39, 0.29) is 11.0 Å². The van der Waals surface area contributed by atoms with Gasteiger partial charge in [0.05, 0.1) is 12.7 Å². The minimum absolute atomic E-state index is 0.0156. The number of halogens is 1. The van der Waals surface area contributed by atoms with Crippen molar-refractivity contribution in [2.24, 2.45) is 17.3 Å². The number of carboxylic acid groups (broad SMARTS) is 1. The Labute approximate surface area is 204 Å². The van der Waals surface area contributed by atoms with Gasteiger partial charge >= 0.3 is 18.0 Å². The molecule has 0 saturated heterocycles. The Kier molecular flexibility index (Phi) is 7.17. The summed E-state index contributed by atoms with van der Waals surface area (Å²) in [7, 11) is 0. The summed E-state index contributed by atoms with van der Waals surface area (Å²) in [5, 5.41) is 17.1. The topological polar surface area (TPSA) is 107 Å². The first kappa shape index (κ1) is 25.2. The molecule has 5 rings (SSSR count). The van der Waals surface area contributed by atoms with Crippen LogP contribution in [0.15, 0.2) is 30.2 Å². The zero-order chi connectivity index (χ0) is 25.3. The van der Waals surface area contributed by atoms with Crippen LogP contribution in [0.3, 0.4) is 0 Å². The standard InChI is InChI=1S/C20H26O2.C6H7FN2O4/c1-13(21)22-15-6-8-16-14(12-15)5-7-18-17(16)9-11-20(2)10-3-4-19(18)20;7-4-1-8(3-5(10)11)6(12)9(13)2-4/h6,8,12,17-19H,3-5,7,9-11H2,1-2H3;2,13H,1,3H2,(H,10,11)/t17?,18?,19?,20-;/m0./s1. The molecule has 3 aliphatic carbocycles. The number of carboxylic acids is 1. The van der Waals surface area contributed by atoms with Gasteiger partial charge < -0.3 is 14.7 Å². The second-order valence-corrected chi connectivity index (χ2v) is 10.4. The van der Waals surface area contributed by atoms with E-state index in [4.69, 9.17) is 15.1 Å². The van der Waals surface area contributed by atoms with Crippen molar-refractivity contribution in [1.82, 2.24) is 9.96 Å². The summed E-state index contributed by atoms with van der Waals surface area (Å²) in [5.74, 6) is 1.01. The minimum atomic E-state index is -1.27. The summed E-state index contributed by atoms with van der Waals surface area (Å²) in [6.45, 7) is 2.94. The normalized spacial score (nSPS) is 29.2. The van der Waals surface area contributed by atoms with E-state index >= 15 is 0 Å². The number of carbonyl (C=O) groups excluding carboxylic acids is 2. The van der Waals surface area contributed by atoms with Crippen LogP contribution in [0.4, 0.5) is 9.18 Å². The number of fused-ring (bicyclic) bond motifs is 5. The molecule has 1 heterocycles. The second kappa shape index (κ2) is 9.97. The van der Waals surface area contributed by atoms with Gasteiger partial charge in [0, 0.05) is 6.92 Å². The first-order valence-electron chi connectivity index (χ1n) is 12.2. The maximum absolute atomic E-state index is 12.6. The van der Waals surface area contributed by atoms with E-state index in [1.54, 1.807) is 5.56 Å². The molecule has 35 heavy (non-hydrogen) atoms. The van der Waals surface area contributed by atoms with E-state index in [0.717, 1.165) is 24.2 Å². The molecule has 2 amide bonds. The van der Waals surface area contributed by atoms with Crippen LogP contribution < -0.4 is 4.74 Å². The number of aliphatic carboxylic acids is 1. The summed E-state index contributed by atoms with van der Waals surface area (Å²) >= 11 is 0. The number of hydrogen-bond acceptors (Lipinski definition) is 5. The Hall–Kier alpha value is -2.94. The number of hydrogen-bond donors (Lipinski definition) is 2. The van der Waals surface area contributed by atoms with Crippen LogP contribution >= 0.6 is 0 Å². The molecular formula is C26H33FN2O6. The van der Waals surface area contributed by atoms with Crippen LogP contribution in [0.2, 0.25) is 0 Å². The van der Waals surface area contributed by atoms with Gasteiger partial charge in [-0.3, -0.25) is 14.8 Å². The van der Waals surface area contributed by atoms with E-state index in [2.05, 4.69) is 19.1 Å². The Morgan fingerprint density at radius 3 is 2.71 bits per heavy atom. The monoisotopic (exact) mass is 488 g/mol. The summed E-state index contributed by atoms with van der Waals surface area (Å²) < 4.78 is 17.8. The fraction of sp³-hybridized carbons (Fsp3) is 0.577. The number of rotatable bonds is 3. The number of ether oxygens (including phenoxy) is 1. The van der Waals surface area contributed by atoms with Crippen molar-refractivity contribution in [3.05, 3.63) is 41.4 Å². The first-order valence-corrected chi connectivity index (χ1v) is 12.2. The third kappa shape index (κ3) is 5.34. The lowest BCUT2D eigenvalue weighted by atomic mass is 9.56. The Morgan fingerprint density at radius 1 is 1.23 bits per heavy atom. The van der Waals surface area contributed by atoms with Crippen LogP contribution in [-0.2, 0) is 16.0 Å². The van der Waals surface area contributed by atoms with Crippen LogP contribution in [-0.4, -0.2) is 51.3 Å². The quantitative estimate of drug-likeness (QED) is 0.357. The van der Waals surface area contributed by atoms with Crippen LogP contribution in [0.5, 0.6) is 5.75 Å². The largest absolute Gasteiger partial charge is 0.480 e. The predicted molar refractivity (Wildman–Crippen MR) is 124 cm³/mol. The van der Waals surface area contributed by atoms with Crippen molar-refractivity contribution in [3.63, 3.8) is 0 Å². The van der Waals surface area contributed by atoms with Crippen molar-refractivity contribution >= 4 is 18.0 Å². The summed E-state index contributed by atoms with van der Waals surface area (Å²) in [6.07, 6.45) is 10.1. The summed E-state index contributed by atoms with van der Waals surface area (Å²) in [6, 6.07) is 5.38. The SMILES string of the molecule is CC(=O)Oc1ccc2c(c1)CCC1C2CC[C@]2(C)CCCC12.O=C(O)CN1CC(F)=CN(O)C1=O. The minimum Gasteiger partial charge on any atom is -0.480 e. The van der Waals surface area contributed by atoms with Gasteiger partial charge in [-0.2, -0.15) is 5.06 Å². The zero-order valence-electron chi connectivity index (χ0n) is 20.2. The number of urea groups is 1. The third-order valence-corrected chi connectivity index (χ3v) is 8.14. The van der Waals surface area contributed by atoms with Gasteiger partial charge in [-0.1, -0.05) is 19.4 Å². The Bertz CT molecular complexity index is 1040. The lowest BCUT2D eigenvalue weighted by molar-refractivity contribution is -0.138. The average Bonchev–Trinajstić information content (AvgIpc) is 3.18. The maximum atomic E-state index is 12.6. The molecule has 3 unspecified atom stereocenters. The highest BCUT2D eigenvalue weighted by molar-refractivity contribution is 5.81. The van der Waals surface area contributed by atoms with Gasteiger partial charge in [0.25, 0.3) is 0 Å². The molecule has 4 atom stereocenters. The Morgan fingerprint density at radius 2 is 2.00 bits per heavy atom. The molecule has 2 saturated carbocycles. The third-order valence-electron chi connectivity index (χ3n) is 8.14. The highest BCUT2D eigenvalue weighted by atomic mass is 19.1. The van der Waals surface area contributed by atoms with Crippen LogP contribution in [0, 0.1) is 17.3 Å². The van der Waals surface area contributed by atoms with Gasteiger partial charge in [-0.15, -0.1) is 0 Å². The summed E-state index contributed by atoms with van der Waals surface area (Å²) in [4.78, 5) is 32.9. The second-order valence-electron chi connectivity index (χ2n) is 10.4. The highest BCUT2D eigenvalue weighted by Gasteiger charge is 2.50. The van der Waals surface area contributed by atoms with Gasteiger partial charge in [0.1, 0.15) is 18.1 Å². The summed E-state index contributed by atoms with van der Waals surface area (Å²) in [5.41, 5.74) is 3.58.